The van der Waals surface area contributed by atoms with Crippen LogP contribution in [0.1, 0.15) is 25.5 Å². The average Bonchev–Trinajstić information content (AvgIpc) is 2.18. The zero-order chi connectivity index (χ0) is 9.90. The molecule has 0 saturated carbocycles. The molecule has 0 saturated heterocycles. The van der Waals surface area contributed by atoms with Crippen LogP contribution in [0.25, 0.3) is 0 Å². The minimum atomic E-state index is -0.358. The lowest BCUT2D eigenvalue weighted by Crippen LogP contribution is -2.37. The first-order valence-corrected chi connectivity index (χ1v) is 4.28. The first kappa shape index (κ1) is 10.2. The zero-order valence-electron chi connectivity index (χ0n) is 8.32. The maximum Gasteiger partial charge on any atom is 0.0815 e. The Morgan fingerprint density at radius 2 is 2.23 bits per heavy atom. The van der Waals surface area contributed by atoms with Crippen LogP contribution >= 0.6 is 0 Å². The summed E-state index contributed by atoms with van der Waals surface area (Å²) in [4.78, 5) is 4.02. The van der Waals surface area contributed by atoms with Crippen LogP contribution in [0.5, 0.6) is 0 Å². The summed E-state index contributed by atoms with van der Waals surface area (Å²) < 4.78 is 5.30. The Kier molecular flexibility index (Phi) is 3.01. The molecule has 0 spiro atoms. The van der Waals surface area contributed by atoms with E-state index in [1.165, 1.54) is 0 Å². The Bertz CT molecular complexity index is 259. The van der Waals surface area contributed by atoms with E-state index < -0.39 is 0 Å². The highest BCUT2D eigenvalue weighted by molar-refractivity contribution is 5.16. The summed E-state index contributed by atoms with van der Waals surface area (Å²) in [6.45, 7) is 3.93. The van der Waals surface area contributed by atoms with Gasteiger partial charge in [0.15, 0.2) is 0 Å². The summed E-state index contributed by atoms with van der Waals surface area (Å²) in [6, 6.07) is 3.69. The number of hydrogen-bond donors (Lipinski definition) is 1. The van der Waals surface area contributed by atoms with E-state index in [-0.39, 0.29) is 11.6 Å². The fourth-order valence-corrected chi connectivity index (χ4v) is 1.09. The molecule has 0 aliphatic heterocycles. The van der Waals surface area contributed by atoms with Crippen LogP contribution in [0.2, 0.25) is 0 Å². The van der Waals surface area contributed by atoms with Crippen molar-refractivity contribution in [2.45, 2.75) is 25.5 Å². The van der Waals surface area contributed by atoms with Crippen LogP contribution in [-0.4, -0.2) is 17.7 Å². The van der Waals surface area contributed by atoms with E-state index in [2.05, 4.69) is 4.98 Å². The number of hydrogen-bond acceptors (Lipinski definition) is 3. The Balaban J connectivity index is 2.85. The smallest absolute Gasteiger partial charge is 0.0815 e. The second-order valence-electron chi connectivity index (χ2n) is 3.57. The van der Waals surface area contributed by atoms with E-state index in [1.54, 1.807) is 19.5 Å². The Morgan fingerprint density at radius 1 is 1.54 bits per heavy atom. The number of rotatable bonds is 3. The predicted octanol–water partition coefficient (Wildman–Crippen LogP) is 1.51. The van der Waals surface area contributed by atoms with Gasteiger partial charge in [0.25, 0.3) is 0 Å². The van der Waals surface area contributed by atoms with Crippen molar-refractivity contribution in [1.29, 1.82) is 0 Å². The number of aromatic nitrogens is 1. The molecule has 1 unspecified atom stereocenters. The van der Waals surface area contributed by atoms with Gasteiger partial charge in [-0.05, 0) is 25.5 Å². The number of pyridine rings is 1. The number of nitrogens with zero attached hydrogens (tertiary/aromatic N) is 1. The molecule has 13 heavy (non-hydrogen) atoms. The molecule has 0 amide bonds. The van der Waals surface area contributed by atoms with Gasteiger partial charge >= 0.3 is 0 Å². The van der Waals surface area contributed by atoms with E-state index in [0.29, 0.717) is 0 Å². The lowest BCUT2D eigenvalue weighted by atomic mass is 9.94. The van der Waals surface area contributed by atoms with Crippen LogP contribution < -0.4 is 5.73 Å². The molecule has 0 aromatic carbocycles. The third-order valence-corrected chi connectivity index (χ3v) is 2.32. The van der Waals surface area contributed by atoms with Crippen molar-refractivity contribution in [1.82, 2.24) is 4.98 Å². The van der Waals surface area contributed by atoms with Crippen molar-refractivity contribution >= 4 is 0 Å². The largest absolute Gasteiger partial charge is 0.377 e. The van der Waals surface area contributed by atoms with Gasteiger partial charge in [0.1, 0.15) is 0 Å². The average molecular weight is 180 g/mol. The summed E-state index contributed by atoms with van der Waals surface area (Å²) >= 11 is 0. The molecule has 1 heterocycles. The van der Waals surface area contributed by atoms with Gasteiger partial charge in [-0.1, -0.05) is 6.07 Å². The monoisotopic (exact) mass is 180 g/mol. The molecule has 0 aliphatic rings. The lowest BCUT2D eigenvalue weighted by molar-refractivity contribution is -0.000112. The normalized spacial score (nSPS) is 14.2. The van der Waals surface area contributed by atoms with E-state index in [1.807, 2.05) is 26.0 Å². The van der Waals surface area contributed by atoms with Gasteiger partial charge in [0.2, 0.25) is 0 Å². The van der Waals surface area contributed by atoms with Crippen LogP contribution in [0, 0.1) is 0 Å². The first-order chi connectivity index (χ1) is 6.08. The Hall–Kier alpha value is -0.930. The summed E-state index contributed by atoms with van der Waals surface area (Å²) in [5.74, 6) is 0. The summed E-state index contributed by atoms with van der Waals surface area (Å²) in [5, 5.41) is 0. The van der Waals surface area contributed by atoms with Crippen molar-refractivity contribution < 1.29 is 4.74 Å². The van der Waals surface area contributed by atoms with Gasteiger partial charge in [-0.3, -0.25) is 4.98 Å². The molecule has 3 nitrogen and oxygen atoms in total. The van der Waals surface area contributed by atoms with Gasteiger partial charge < -0.3 is 10.5 Å². The molecule has 72 valence electrons. The van der Waals surface area contributed by atoms with Crippen molar-refractivity contribution in [3.05, 3.63) is 30.1 Å². The van der Waals surface area contributed by atoms with Crippen LogP contribution in [-0.2, 0) is 4.74 Å². The lowest BCUT2D eigenvalue weighted by Gasteiger charge is -2.30. The molecule has 1 rings (SSSR count). The van der Waals surface area contributed by atoms with Crippen LogP contribution in [0.4, 0.5) is 0 Å². The molecule has 0 aliphatic carbocycles. The van der Waals surface area contributed by atoms with Gasteiger partial charge in [-0.25, -0.2) is 0 Å². The summed E-state index contributed by atoms with van der Waals surface area (Å²) in [6.07, 6.45) is 3.50. The van der Waals surface area contributed by atoms with Gasteiger partial charge in [0, 0.05) is 19.5 Å². The molecule has 0 radical (unpaired) electrons. The highest BCUT2D eigenvalue weighted by Crippen LogP contribution is 2.24. The molecule has 2 N–H and O–H groups in total. The highest BCUT2D eigenvalue weighted by Gasteiger charge is 2.27. The highest BCUT2D eigenvalue weighted by atomic mass is 16.5. The van der Waals surface area contributed by atoms with E-state index in [0.717, 1.165) is 5.56 Å². The fraction of sp³-hybridized carbons (Fsp3) is 0.500. The number of nitrogens with two attached hydrogens (primary N) is 1. The predicted molar refractivity (Wildman–Crippen MR) is 52.3 cm³/mol. The SMILES string of the molecule is COC(C)(C)C(N)c1cccnc1. The van der Waals surface area contributed by atoms with Crippen molar-refractivity contribution in [2.24, 2.45) is 5.73 Å². The van der Waals surface area contributed by atoms with Crippen LogP contribution in [0.3, 0.4) is 0 Å². The Labute approximate surface area is 78.9 Å². The topological polar surface area (TPSA) is 48.1 Å². The molecule has 1 aromatic heterocycles. The summed E-state index contributed by atoms with van der Waals surface area (Å²) in [5.41, 5.74) is 6.65. The molecule has 0 bridgehead atoms. The second kappa shape index (κ2) is 3.85. The number of methoxy groups -OCH3 is 1. The fourth-order valence-electron chi connectivity index (χ4n) is 1.09. The summed E-state index contributed by atoms with van der Waals surface area (Å²) in [7, 11) is 1.66. The molecular weight excluding hydrogens is 164 g/mol. The third-order valence-electron chi connectivity index (χ3n) is 2.32. The van der Waals surface area contributed by atoms with E-state index >= 15 is 0 Å². The zero-order valence-corrected chi connectivity index (χ0v) is 8.32. The van der Waals surface area contributed by atoms with Gasteiger partial charge in [-0.2, -0.15) is 0 Å². The maximum atomic E-state index is 6.02. The minimum Gasteiger partial charge on any atom is -0.377 e. The second-order valence-corrected chi connectivity index (χ2v) is 3.57. The van der Waals surface area contributed by atoms with E-state index in [4.69, 9.17) is 10.5 Å². The molecule has 1 atom stereocenters. The molecule has 0 fully saturated rings. The maximum absolute atomic E-state index is 6.02. The van der Waals surface area contributed by atoms with Gasteiger partial charge in [0.05, 0.1) is 11.6 Å². The minimum absolute atomic E-state index is 0.147. The molecular formula is C10H16N2O. The third kappa shape index (κ3) is 2.26. The Morgan fingerprint density at radius 3 is 2.69 bits per heavy atom. The van der Waals surface area contributed by atoms with Gasteiger partial charge in [-0.15, -0.1) is 0 Å². The van der Waals surface area contributed by atoms with Crippen LogP contribution in [0.15, 0.2) is 24.5 Å². The number of ether oxygens (including phenoxy) is 1. The quantitative estimate of drug-likeness (QED) is 0.767. The van der Waals surface area contributed by atoms with E-state index in [9.17, 15) is 0 Å². The molecule has 1 aromatic rings. The van der Waals surface area contributed by atoms with Crippen molar-refractivity contribution in [3.63, 3.8) is 0 Å². The van der Waals surface area contributed by atoms with Crippen molar-refractivity contribution in [3.8, 4) is 0 Å². The van der Waals surface area contributed by atoms with Crippen molar-refractivity contribution in [2.75, 3.05) is 7.11 Å². The first-order valence-electron chi connectivity index (χ1n) is 4.28. The molecule has 3 heteroatoms. The standard InChI is InChI=1S/C10H16N2O/c1-10(2,13-3)9(11)8-5-4-6-12-7-8/h4-7,9H,11H2,1-3H3.